The summed E-state index contributed by atoms with van der Waals surface area (Å²) in [4.78, 5) is 12.3. The Balaban J connectivity index is 1.49. The Morgan fingerprint density at radius 3 is 2.95 bits per heavy atom. The van der Waals surface area contributed by atoms with Gasteiger partial charge in [-0.05, 0) is 44.2 Å². The normalized spacial score (nSPS) is 23.2. The zero-order valence-corrected chi connectivity index (χ0v) is 13.5. The van der Waals surface area contributed by atoms with Gasteiger partial charge in [-0.1, -0.05) is 31.1 Å². The Morgan fingerprint density at radius 1 is 1.38 bits per heavy atom. The number of rotatable bonds is 6. The molecule has 3 rings (SSSR count). The molecule has 0 aromatic carbocycles. The second kappa shape index (κ2) is 6.40. The van der Waals surface area contributed by atoms with Crippen molar-refractivity contribution < 1.29 is 4.79 Å². The standard InChI is InChI=1S/C15H24N4OS/c1-2-3-4-5-12-18-19-14(21-12)17-13(20)11-10-15(11)6-8-16-9-7-15/h11,16H,2-10H2,1H3,(H,17,19,20). The van der Waals surface area contributed by atoms with Crippen LogP contribution in [0, 0.1) is 11.3 Å². The van der Waals surface area contributed by atoms with Crippen molar-refractivity contribution >= 4 is 22.4 Å². The molecule has 5 nitrogen and oxygen atoms in total. The zero-order chi connectivity index (χ0) is 14.7. The summed E-state index contributed by atoms with van der Waals surface area (Å²) in [6.45, 7) is 4.28. The van der Waals surface area contributed by atoms with E-state index >= 15 is 0 Å². The minimum Gasteiger partial charge on any atom is -0.317 e. The van der Waals surface area contributed by atoms with Gasteiger partial charge in [-0.15, -0.1) is 10.2 Å². The minimum absolute atomic E-state index is 0.146. The van der Waals surface area contributed by atoms with Crippen molar-refractivity contribution in [3.05, 3.63) is 5.01 Å². The van der Waals surface area contributed by atoms with Crippen LogP contribution in [0.2, 0.25) is 0 Å². The van der Waals surface area contributed by atoms with Crippen LogP contribution >= 0.6 is 11.3 Å². The lowest BCUT2D eigenvalue weighted by atomic mass is 9.92. The Kier molecular flexibility index (Phi) is 4.54. The van der Waals surface area contributed by atoms with Gasteiger partial charge in [0, 0.05) is 12.3 Å². The topological polar surface area (TPSA) is 66.9 Å². The van der Waals surface area contributed by atoms with Gasteiger partial charge in [-0.3, -0.25) is 4.79 Å². The van der Waals surface area contributed by atoms with Crippen LogP contribution in [0.15, 0.2) is 0 Å². The highest BCUT2D eigenvalue weighted by Crippen LogP contribution is 2.58. The average molecular weight is 308 g/mol. The minimum atomic E-state index is 0.146. The molecule has 1 atom stereocenters. The molecule has 1 amide bonds. The van der Waals surface area contributed by atoms with Gasteiger partial charge in [0.05, 0.1) is 0 Å². The molecule has 1 saturated carbocycles. The van der Waals surface area contributed by atoms with Crippen LogP contribution in [-0.2, 0) is 11.2 Å². The molecule has 2 N–H and O–H groups in total. The molecule has 2 fully saturated rings. The number of anilines is 1. The summed E-state index contributed by atoms with van der Waals surface area (Å²) >= 11 is 1.53. The monoisotopic (exact) mass is 308 g/mol. The summed E-state index contributed by atoms with van der Waals surface area (Å²) < 4.78 is 0. The van der Waals surface area contributed by atoms with Gasteiger partial charge in [0.2, 0.25) is 11.0 Å². The largest absolute Gasteiger partial charge is 0.317 e. The molecule has 0 bridgehead atoms. The average Bonchev–Trinajstić information content (AvgIpc) is 2.99. The van der Waals surface area contributed by atoms with Gasteiger partial charge < -0.3 is 10.6 Å². The van der Waals surface area contributed by atoms with E-state index in [1.807, 2.05) is 0 Å². The predicted molar refractivity (Wildman–Crippen MR) is 84.4 cm³/mol. The lowest BCUT2D eigenvalue weighted by Gasteiger charge is -2.22. The second-order valence-electron chi connectivity index (χ2n) is 6.32. The SMILES string of the molecule is CCCCCc1nnc(NC(=O)C2CC23CCNCC3)s1. The van der Waals surface area contributed by atoms with Crippen molar-refractivity contribution in [2.24, 2.45) is 11.3 Å². The summed E-state index contributed by atoms with van der Waals surface area (Å²) in [7, 11) is 0. The van der Waals surface area contributed by atoms with Crippen molar-refractivity contribution in [1.29, 1.82) is 0 Å². The van der Waals surface area contributed by atoms with Crippen molar-refractivity contribution in [1.82, 2.24) is 15.5 Å². The maximum Gasteiger partial charge on any atom is 0.229 e. The summed E-state index contributed by atoms with van der Waals surface area (Å²) in [6.07, 6.45) is 7.86. The Morgan fingerprint density at radius 2 is 2.19 bits per heavy atom. The molecule has 116 valence electrons. The fourth-order valence-corrected chi connectivity index (χ4v) is 4.10. The molecule has 2 aliphatic rings. The number of carbonyl (C=O) groups excluding carboxylic acids is 1. The molecule has 1 aromatic rings. The van der Waals surface area contributed by atoms with Gasteiger partial charge >= 0.3 is 0 Å². The van der Waals surface area contributed by atoms with E-state index in [2.05, 4.69) is 27.8 Å². The predicted octanol–water partition coefficient (Wildman–Crippen LogP) is 2.60. The Bertz CT molecular complexity index is 496. The highest BCUT2D eigenvalue weighted by Gasteiger charge is 2.57. The third-order valence-corrected chi connectivity index (χ3v) is 5.70. The molecule has 1 saturated heterocycles. The number of nitrogens with zero attached hydrogens (tertiary/aromatic N) is 2. The molecule has 1 aromatic heterocycles. The molecule has 0 radical (unpaired) electrons. The quantitative estimate of drug-likeness (QED) is 0.793. The number of nitrogens with one attached hydrogen (secondary N) is 2. The van der Waals surface area contributed by atoms with Gasteiger partial charge in [0.15, 0.2) is 0 Å². The van der Waals surface area contributed by atoms with Crippen LogP contribution in [0.3, 0.4) is 0 Å². The van der Waals surface area contributed by atoms with Crippen molar-refractivity contribution in [3.63, 3.8) is 0 Å². The summed E-state index contributed by atoms with van der Waals surface area (Å²) in [5, 5.41) is 16.3. The maximum atomic E-state index is 12.3. The lowest BCUT2D eigenvalue weighted by Crippen LogP contribution is -2.31. The molecular formula is C15H24N4OS. The van der Waals surface area contributed by atoms with Crippen molar-refractivity contribution in [2.45, 2.75) is 51.9 Å². The first kappa shape index (κ1) is 14.9. The van der Waals surface area contributed by atoms with Crippen LogP contribution in [0.25, 0.3) is 0 Å². The molecular weight excluding hydrogens is 284 g/mol. The second-order valence-corrected chi connectivity index (χ2v) is 7.38. The van der Waals surface area contributed by atoms with E-state index in [4.69, 9.17) is 0 Å². The van der Waals surface area contributed by atoms with Crippen molar-refractivity contribution in [2.75, 3.05) is 18.4 Å². The summed E-state index contributed by atoms with van der Waals surface area (Å²) in [6, 6.07) is 0. The number of unbranched alkanes of at least 4 members (excludes halogenated alkanes) is 2. The highest BCUT2D eigenvalue weighted by molar-refractivity contribution is 7.15. The molecule has 1 unspecified atom stereocenters. The third kappa shape index (κ3) is 3.43. The fraction of sp³-hybridized carbons (Fsp3) is 0.800. The molecule has 1 aliphatic carbocycles. The van der Waals surface area contributed by atoms with Crippen LogP contribution in [0.5, 0.6) is 0 Å². The van der Waals surface area contributed by atoms with E-state index in [-0.39, 0.29) is 17.2 Å². The first-order valence-electron chi connectivity index (χ1n) is 8.07. The smallest absolute Gasteiger partial charge is 0.229 e. The van der Waals surface area contributed by atoms with Crippen LogP contribution in [0.1, 0.15) is 50.5 Å². The van der Waals surface area contributed by atoms with E-state index < -0.39 is 0 Å². The Hall–Kier alpha value is -1.01. The van der Waals surface area contributed by atoms with E-state index in [0.717, 1.165) is 50.2 Å². The van der Waals surface area contributed by atoms with Crippen LogP contribution in [-0.4, -0.2) is 29.2 Å². The molecule has 1 aliphatic heterocycles. The number of aryl methyl sites for hydroxylation is 1. The van der Waals surface area contributed by atoms with Gasteiger partial charge in [0.1, 0.15) is 5.01 Å². The molecule has 6 heteroatoms. The van der Waals surface area contributed by atoms with Gasteiger partial charge in [0.25, 0.3) is 0 Å². The maximum absolute atomic E-state index is 12.3. The molecule has 2 heterocycles. The molecule has 1 spiro atoms. The van der Waals surface area contributed by atoms with E-state index in [1.54, 1.807) is 0 Å². The Labute approximate surface area is 129 Å². The van der Waals surface area contributed by atoms with Gasteiger partial charge in [-0.2, -0.15) is 0 Å². The number of piperidine rings is 1. The van der Waals surface area contributed by atoms with E-state index in [9.17, 15) is 4.79 Å². The van der Waals surface area contributed by atoms with Crippen molar-refractivity contribution in [3.8, 4) is 0 Å². The van der Waals surface area contributed by atoms with E-state index in [0.29, 0.717) is 5.13 Å². The first-order chi connectivity index (χ1) is 10.2. The summed E-state index contributed by atoms with van der Waals surface area (Å²) in [5.41, 5.74) is 0.282. The first-order valence-corrected chi connectivity index (χ1v) is 8.89. The van der Waals surface area contributed by atoms with Crippen LogP contribution in [0.4, 0.5) is 5.13 Å². The molecule has 21 heavy (non-hydrogen) atoms. The summed E-state index contributed by atoms with van der Waals surface area (Å²) in [5.74, 6) is 0.334. The highest BCUT2D eigenvalue weighted by atomic mass is 32.1. The number of amides is 1. The number of hydrogen-bond acceptors (Lipinski definition) is 5. The number of hydrogen-bond donors (Lipinski definition) is 2. The number of carbonyl (C=O) groups is 1. The zero-order valence-electron chi connectivity index (χ0n) is 12.7. The van der Waals surface area contributed by atoms with E-state index in [1.165, 1.54) is 24.2 Å². The number of aromatic nitrogens is 2. The van der Waals surface area contributed by atoms with Crippen LogP contribution < -0.4 is 10.6 Å². The lowest BCUT2D eigenvalue weighted by molar-refractivity contribution is -0.118. The van der Waals surface area contributed by atoms with Gasteiger partial charge in [-0.25, -0.2) is 0 Å². The third-order valence-electron chi connectivity index (χ3n) is 4.80. The fourth-order valence-electron chi connectivity index (χ4n) is 3.32.